The van der Waals surface area contributed by atoms with E-state index < -0.39 is 11.9 Å². The number of amides is 1. The van der Waals surface area contributed by atoms with Gasteiger partial charge in [-0.3, -0.25) is 9.59 Å². The third-order valence-electron chi connectivity index (χ3n) is 3.09. The number of carboxylic acids is 1. The van der Waals surface area contributed by atoms with E-state index in [1.807, 2.05) is 7.05 Å². The van der Waals surface area contributed by atoms with Gasteiger partial charge in [0.25, 0.3) is 0 Å². The molecule has 0 bridgehead atoms. The predicted molar refractivity (Wildman–Crippen MR) is 60.0 cm³/mol. The minimum atomic E-state index is -0.858. The van der Waals surface area contributed by atoms with Crippen LogP contribution in [0.15, 0.2) is 0 Å². The van der Waals surface area contributed by atoms with Crippen LogP contribution in [0.2, 0.25) is 0 Å². The number of carbonyl (C=O) groups is 2. The van der Waals surface area contributed by atoms with Crippen molar-refractivity contribution in [1.82, 2.24) is 9.80 Å². The fraction of sp³-hybridized carbons (Fsp3) is 0.818. The summed E-state index contributed by atoms with van der Waals surface area (Å²) in [5, 5.41) is 8.77. The van der Waals surface area contributed by atoms with E-state index >= 15 is 0 Å². The molecule has 0 radical (unpaired) electrons. The molecule has 2 unspecified atom stereocenters. The van der Waals surface area contributed by atoms with Crippen molar-refractivity contribution in [3.63, 3.8) is 0 Å². The first-order valence-electron chi connectivity index (χ1n) is 5.58. The van der Waals surface area contributed by atoms with Crippen LogP contribution in [0.4, 0.5) is 0 Å². The van der Waals surface area contributed by atoms with Gasteiger partial charge in [0, 0.05) is 20.1 Å². The number of likely N-dealkylation sites (tertiary alicyclic amines) is 1. The quantitative estimate of drug-likeness (QED) is 0.742. The van der Waals surface area contributed by atoms with Crippen molar-refractivity contribution in [3.05, 3.63) is 0 Å². The van der Waals surface area contributed by atoms with Gasteiger partial charge in [-0.05, 0) is 20.0 Å². The Morgan fingerprint density at radius 1 is 1.56 bits per heavy atom. The van der Waals surface area contributed by atoms with E-state index in [1.54, 1.807) is 18.9 Å². The first-order valence-corrected chi connectivity index (χ1v) is 5.58. The van der Waals surface area contributed by atoms with Gasteiger partial charge >= 0.3 is 5.97 Å². The van der Waals surface area contributed by atoms with Gasteiger partial charge in [-0.15, -0.1) is 0 Å². The standard InChI is InChI=1S/C11H20N2O3/c1-8(11(15)16)6-13(3)10(14)9-4-5-12(2)7-9/h8-9H,4-7H2,1-3H3,(H,15,16). The molecule has 1 N–H and O–H groups in total. The molecule has 1 fully saturated rings. The molecule has 16 heavy (non-hydrogen) atoms. The van der Waals surface area contributed by atoms with Crippen LogP contribution in [0.5, 0.6) is 0 Å². The van der Waals surface area contributed by atoms with E-state index in [0.29, 0.717) is 0 Å². The molecule has 1 aliphatic heterocycles. The minimum Gasteiger partial charge on any atom is -0.481 e. The van der Waals surface area contributed by atoms with Crippen LogP contribution in [0, 0.1) is 11.8 Å². The first-order chi connectivity index (χ1) is 7.41. The number of hydrogen-bond donors (Lipinski definition) is 1. The molecule has 92 valence electrons. The summed E-state index contributed by atoms with van der Waals surface area (Å²) >= 11 is 0. The maximum absolute atomic E-state index is 12.0. The lowest BCUT2D eigenvalue weighted by molar-refractivity contribution is -0.143. The third kappa shape index (κ3) is 3.20. The lowest BCUT2D eigenvalue weighted by atomic mass is 10.1. The van der Waals surface area contributed by atoms with E-state index in [2.05, 4.69) is 4.90 Å². The van der Waals surface area contributed by atoms with E-state index in [0.717, 1.165) is 19.5 Å². The highest BCUT2D eigenvalue weighted by Crippen LogP contribution is 2.17. The van der Waals surface area contributed by atoms with Crippen molar-refractivity contribution in [2.24, 2.45) is 11.8 Å². The molecule has 0 aromatic carbocycles. The first kappa shape index (κ1) is 13.0. The number of aliphatic carboxylic acids is 1. The van der Waals surface area contributed by atoms with Crippen molar-refractivity contribution in [3.8, 4) is 0 Å². The topological polar surface area (TPSA) is 60.9 Å². The zero-order valence-corrected chi connectivity index (χ0v) is 10.1. The molecule has 0 aromatic heterocycles. The Balaban J connectivity index is 2.44. The van der Waals surface area contributed by atoms with E-state index in [9.17, 15) is 9.59 Å². The molecule has 1 amide bonds. The minimum absolute atomic E-state index is 0.0380. The van der Waals surface area contributed by atoms with Gasteiger partial charge in [-0.25, -0.2) is 0 Å². The zero-order chi connectivity index (χ0) is 12.3. The van der Waals surface area contributed by atoms with Crippen LogP contribution in [0.1, 0.15) is 13.3 Å². The molecule has 0 aromatic rings. The number of carbonyl (C=O) groups excluding carboxylic acids is 1. The molecule has 5 nitrogen and oxygen atoms in total. The van der Waals surface area contributed by atoms with Crippen molar-refractivity contribution in [1.29, 1.82) is 0 Å². The average molecular weight is 228 g/mol. The second-order valence-electron chi connectivity index (χ2n) is 4.71. The summed E-state index contributed by atoms with van der Waals surface area (Å²) in [5.41, 5.74) is 0. The summed E-state index contributed by atoms with van der Waals surface area (Å²) in [5.74, 6) is -1.26. The molecule has 5 heteroatoms. The lowest BCUT2D eigenvalue weighted by Gasteiger charge is -2.22. The third-order valence-corrected chi connectivity index (χ3v) is 3.09. The Morgan fingerprint density at radius 2 is 2.19 bits per heavy atom. The van der Waals surface area contributed by atoms with Gasteiger partial charge in [0.1, 0.15) is 0 Å². The molecule has 1 saturated heterocycles. The summed E-state index contributed by atoms with van der Waals surface area (Å²) in [6.07, 6.45) is 0.876. The summed E-state index contributed by atoms with van der Waals surface area (Å²) in [6.45, 7) is 3.63. The number of nitrogens with zero attached hydrogens (tertiary/aromatic N) is 2. The van der Waals surface area contributed by atoms with Crippen molar-refractivity contribution >= 4 is 11.9 Å². The number of hydrogen-bond acceptors (Lipinski definition) is 3. The van der Waals surface area contributed by atoms with Crippen LogP contribution >= 0.6 is 0 Å². The summed E-state index contributed by atoms with van der Waals surface area (Å²) in [4.78, 5) is 26.3. The second-order valence-corrected chi connectivity index (χ2v) is 4.71. The normalized spacial score (nSPS) is 23.1. The largest absolute Gasteiger partial charge is 0.481 e. The molecule has 1 aliphatic rings. The molecule has 2 atom stereocenters. The zero-order valence-electron chi connectivity index (χ0n) is 10.1. The average Bonchev–Trinajstić information content (AvgIpc) is 2.63. The molecule has 0 aliphatic carbocycles. The van der Waals surface area contributed by atoms with Crippen LogP contribution in [0.3, 0.4) is 0 Å². The van der Waals surface area contributed by atoms with Crippen molar-refractivity contribution in [2.75, 3.05) is 33.7 Å². The van der Waals surface area contributed by atoms with Gasteiger partial charge in [0.2, 0.25) is 5.91 Å². The number of carboxylic acid groups (broad SMARTS) is 1. The van der Waals surface area contributed by atoms with Crippen molar-refractivity contribution < 1.29 is 14.7 Å². The predicted octanol–water partition coefficient (Wildman–Crippen LogP) is 0.117. The molecule has 0 spiro atoms. The van der Waals surface area contributed by atoms with Crippen molar-refractivity contribution in [2.45, 2.75) is 13.3 Å². The SMILES string of the molecule is CC(CN(C)C(=O)C1CCN(C)C1)C(=O)O. The summed E-state index contributed by atoms with van der Waals surface area (Å²) in [6, 6.07) is 0. The highest BCUT2D eigenvalue weighted by molar-refractivity contribution is 5.80. The molecular weight excluding hydrogens is 208 g/mol. The van der Waals surface area contributed by atoms with Gasteiger partial charge in [0.05, 0.1) is 11.8 Å². The highest BCUT2D eigenvalue weighted by Gasteiger charge is 2.29. The summed E-state index contributed by atoms with van der Waals surface area (Å²) < 4.78 is 0. The molecule has 1 heterocycles. The Hall–Kier alpha value is -1.10. The Kier molecular flexibility index (Phi) is 4.29. The van der Waals surface area contributed by atoms with E-state index in [-0.39, 0.29) is 18.4 Å². The molecule has 1 rings (SSSR count). The lowest BCUT2D eigenvalue weighted by Crippen LogP contribution is -2.38. The van der Waals surface area contributed by atoms with Gasteiger partial charge in [-0.1, -0.05) is 6.92 Å². The maximum Gasteiger partial charge on any atom is 0.308 e. The van der Waals surface area contributed by atoms with E-state index in [4.69, 9.17) is 5.11 Å². The summed E-state index contributed by atoms with van der Waals surface area (Å²) in [7, 11) is 3.67. The monoisotopic (exact) mass is 228 g/mol. The highest BCUT2D eigenvalue weighted by atomic mass is 16.4. The van der Waals surface area contributed by atoms with Gasteiger partial charge in [-0.2, -0.15) is 0 Å². The second kappa shape index (κ2) is 5.30. The molecular formula is C11H20N2O3. The Bertz CT molecular complexity index is 280. The Morgan fingerprint density at radius 3 is 2.62 bits per heavy atom. The molecule has 0 saturated carbocycles. The van der Waals surface area contributed by atoms with Crippen LogP contribution in [-0.2, 0) is 9.59 Å². The number of rotatable bonds is 4. The Labute approximate surface area is 96.0 Å². The fourth-order valence-corrected chi connectivity index (χ4v) is 2.03. The maximum atomic E-state index is 12.0. The van der Waals surface area contributed by atoms with Crippen LogP contribution < -0.4 is 0 Å². The van der Waals surface area contributed by atoms with E-state index in [1.165, 1.54) is 0 Å². The van der Waals surface area contributed by atoms with Gasteiger partial charge in [0.15, 0.2) is 0 Å². The fourth-order valence-electron chi connectivity index (χ4n) is 2.03. The van der Waals surface area contributed by atoms with Gasteiger partial charge < -0.3 is 14.9 Å². The smallest absolute Gasteiger partial charge is 0.308 e. The van der Waals surface area contributed by atoms with Crippen LogP contribution in [-0.4, -0.2) is 60.5 Å². The van der Waals surface area contributed by atoms with Crippen LogP contribution in [0.25, 0.3) is 0 Å².